The highest BCUT2D eigenvalue weighted by Gasteiger charge is 2.18. The molecule has 0 fully saturated rings. The van der Waals surface area contributed by atoms with Crippen LogP contribution in [0.4, 0.5) is 0 Å². The van der Waals surface area contributed by atoms with Gasteiger partial charge in [-0.25, -0.2) is 0 Å². The monoisotopic (exact) mass is 538 g/mol. The first-order valence-electron chi connectivity index (χ1n) is 15.0. The van der Waals surface area contributed by atoms with E-state index < -0.39 is 0 Å². The van der Waals surface area contributed by atoms with E-state index in [1.54, 1.807) is 0 Å². The Morgan fingerprint density at radius 3 is 1.24 bits per heavy atom. The Morgan fingerprint density at radius 2 is 0.762 bits per heavy atom. The lowest BCUT2D eigenvalue weighted by atomic mass is 9.83. The molecule has 0 nitrogen and oxygen atoms in total. The Hall–Kier alpha value is -4.94. The fraction of sp³-hybridized carbons (Fsp3) is 0.0952. The van der Waals surface area contributed by atoms with E-state index in [1.165, 1.54) is 71.6 Å². The van der Waals surface area contributed by atoms with Gasteiger partial charge in [0.2, 0.25) is 0 Å². The molecule has 0 aromatic heterocycles. The molecule has 0 saturated heterocycles. The third-order valence-corrected chi connectivity index (χ3v) is 8.79. The number of rotatable bonds is 6. The predicted octanol–water partition coefficient (Wildman–Crippen LogP) is 12.2. The van der Waals surface area contributed by atoms with Crippen LogP contribution in [0.1, 0.15) is 31.7 Å². The van der Waals surface area contributed by atoms with E-state index in [9.17, 15) is 0 Å². The van der Waals surface area contributed by atoms with Gasteiger partial charge in [-0.3, -0.25) is 0 Å². The minimum atomic E-state index is 0.503. The van der Waals surface area contributed by atoms with E-state index in [1.807, 2.05) is 0 Å². The van der Waals surface area contributed by atoms with Crippen LogP contribution in [0.2, 0.25) is 0 Å². The summed E-state index contributed by atoms with van der Waals surface area (Å²) < 4.78 is 0. The van der Waals surface area contributed by atoms with E-state index >= 15 is 0 Å². The van der Waals surface area contributed by atoms with E-state index in [2.05, 4.69) is 166 Å². The molecule has 7 aromatic carbocycles. The van der Waals surface area contributed by atoms with E-state index in [0.29, 0.717) is 5.92 Å². The average molecular weight is 539 g/mol. The smallest absolute Gasteiger partial charge is 0.00263 e. The molecular weight excluding hydrogens is 504 g/mol. The summed E-state index contributed by atoms with van der Waals surface area (Å²) in [7, 11) is 0. The highest BCUT2D eigenvalue weighted by molar-refractivity contribution is 6.21. The van der Waals surface area contributed by atoms with Gasteiger partial charge >= 0.3 is 0 Å². The fourth-order valence-electron chi connectivity index (χ4n) is 6.28. The molecule has 0 spiro atoms. The maximum absolute atomic E-state index is 2.46. The summed E-state index contributed by atoms with van der Waals surface area (Å²) >= 11 is 0. The highest BCUT2D eigenvalue weighted by Crippen LogP contribution is 2.45. The lowest BCUT2D eigenvalue weighted by Crippen LogP contribution is -1.95. The van der Waals surface area contributed by atoms with Crippen molar-refractivity contribution in [2.24, 2.45) is 0 Å². The van der Waals surface area contributed by atoms with E-state index in [-0.39, 0.29) is 0 Å². The maximum atomic E-state index is 2.46. The average Bonchev–Trinajstić information content (AvgIpc) is 3.07. The van der Waals surface area contributed by atoms with Gasteiger partial charge in [0.1, 0.15) is 0 Å². The van der Waals surface area contributed by atoms with Crippen LogP contribution in [0.3, 0.4) is 0 Å². The summed E-state index contributed by atoms with van der Waals surface area (Å²) in [5.41, 5.74) is 11.5. The number of benzene rings is 7. The first-order chi connectivity index (χ1) is 20.7. The van der Waals surface area contributed by atoms with Gasteiger partial charge in [-0.2, -0.15) is 0 Å². The van der Waals surface area contributed by atoms with E-state index in [0.717, 1.165) is 6.42 Å². The number of hydrogen-bond acceptors (Lipinski definition) is 0. The molecule has 0 aliphatic carbocycles. The first-order valence-corrected chi connectivity index (χ1v) is 15.0. The second-order valence-electron chi connectivity index (χ2n) is 11.3. The molecule has 0 radical (unpaired) electrons. The molecule has 7 aromatic rings. The van der Waals surface area contributed by atoms with Crippen LogP contribution in [0, 0.1) is 0 Å². The van der Waals surface area contributed by atoms with Crippen molar-refractivity contribution in [3.63, 3.8) is 0 Å². The first kappa shape index (κ1) is 26.0. The molecule has 42 heavy (non-hydrogen) atoms. The van der Waals surface area contributed by atoms with Crippen LogP contribution in [0.25, 0.3) is 66.1 Å². The summed E-state index contributed by atoms with van der Waals surface area (Å²) in [5, 5.41) is 5.20. The highest BCUT2D eigenvalue weighted by atomic mass is 14.2. The topological polar surface area (TPSA) is 0 Å². The second kappa shape index (κ2) is 11.1. The summed E-state index contributed by atoms with van der Waals surface area (Å²) in [6, 6.07) is 55.6. The van der Waals surface area contributed by atoms with Gasteiger partial charge < -0.3 is 0 Å². The van der Waals surface area contributed by atoms with Crippen LogP contribution in [-0.4, -0.2) is 0 Å². The Balaban J connectivity index is 1.47. The lowest BCUT2D eigenvalue weighted by Gasteiger charge is -2.20. The van der Waals surface area contributed by atoms with Crippen molar-refractivity contribution in [2.75, 3.05) is 0 Å². The lowest BCUT2D eigenvalue weighted by molar-refractivity contribution is 0.735. The van der Waals surface area contributed by atoms with Crippen LogP contribution >= 0.6 is 0 Å². The van der Waals surface area contributed by atoms with Crippen molar-refractivity contribution >= 4 is 21.5 Å². The molecule has 202 valence electrons. The number of hydrogen-bond donors (Lipinski definition) is 0. The van der Waals surface area contributed by atoms with Crippen molar-refractivity contribution < 1.29 is 0 Å². The summed E-state index contributed by atoms with van der Waals surface area (Å²) in [5.74, 6) is 0.503. The molecule has 0 heteroatoms. The Kier molecular flexibility index (Phi) is 6.90. The molecule has 0 amide bonds. The van der Waals surface area contributed by atoms with Crippen LogP contribution < -0.4 is 0 Å². The van der Waals surface area contributed by atoms with Crippen molar-refractivity contribution in [3.8, 4) is 44.5 Å². The van der Waals surface area contributed by atoms with Crippen LogP contribution in [-0.2, 0) is 0 Å². The summed E-state index contributed by atoms with van der Waals surface area (Å²) in [6.45, 7) is 4.61. The normalized spacial score (nSPS) is 12.0. The van der Waals surface area contributed by atoms with Gasteiger partial charge in [0.25, 0.3) is 0 Å². The summed E-state index contributed by atoms with van der Waals surface area (Å²) in [4.78, 5) is 0. The Bertz CT molecular complexity index is 1980. The van der Waals surface area contributed by atoms with Crippen LogP contribution in [0.5, 0.6) is 0 Å². The molecule has 0 heterocycles. The molecule has 0 N–H and O–H groups in total. The van der Waals surface area contributed by atoms with Crippen molar-refractivity contribution in [1.29, 1.82) is 0 Å². The predicted molar refractivity (Wildman–Crippen MR) is 182 cm³/mol. The van der Waals surface area contributed by atoms with Gasteiger partial charge in [-0.1, -0.05) is 166 Å². The zero-order valence-electron chi connectivity index (χ0n) is 24.2. The Labute approximate surface area is 248 Å². The standard InChI is InChI=1S/C42H34/c1-3-29(2)36-26-27-39-40(28-36)42(35-24-20-33(21-25-35)31-14-8-5-9-15-31)38-17-11-10-16-37(38)41(39)34-22-18-32(19-23-34)30-12-6-4-7-13-30/h4-29H,3H2,1-2H3. The summed E-state index contributed by atoms with van der Waals surface area (Å²) in [6.07, 6.45) is 1.12. The minimum absolute atomic E-state index is 0.503. The van der Waals surface area contributed by atoms with Crippen molar-refractivity contribution in [3.05, 3.63) is 157 Å². The fourth-order valence-corrected chi connectivity index (χ4v) is 6.28. The molecular formula is C42H34. The number of fused-ring (bicyclic) bond motifs is 2. The Morgan fingerprint density at radius 1 is 0.381 bits per heavy atom. The third-order valence-electron chi connectivity index (χ3n) is 8.79. The van der Waals surface area contributed by atoms with Gasteiger partial charge in [-0.05, 0) is 84.0 Å². The minimum Gasteiger partial charge on any atom is -0.0648 e. The van der Waals surface area contributed by atoms with Crippen molar-refractivity contribution in [2.45, 2.75) is 26.2 Å². The van der Waals surface area contributed by atoms with Gasteiger partial charge in [0, 0.05) is 0 Å². The largest absolute Gasteiger partial charge is 0.0648 e. The molecule has 0 bridgehead atoms. The molecule has 1 unspecified atom stereocenters. The van der Waals surface area contributed by atoms with E-state index in [4.69, 9.17) is 0 Å². The quantitative estimate of drug-likeness (QED) is 0.185. The molecule has 0 saturated carbocycles. The van der Waals surface area contributed by atoms with Crippen LogP contribution in [0.15, 0.2) is 152 Å². The zero-order chi connectivity index (χ0) is 28.5. The molecule has 0 aliphatic rings. The second-order valence-corrected chi connectivity index (χ2v) is 11.3. The zero-order valence-corrected chi connectivity index (χ0v) is 24.2. The van der Waals surface area contributed by atoms with Gasteiger partial charge in [0.15, 0.2) is 0 Å². The molecule has 1 atom stereocenters. The third kappa shape index (κ3) is 4.70. The maximum Gasteiger partial charge on any atom is -0.00263 e. The molecule has 7 rings (SSSR count). The van der Waals surface area contributed by atoms with Crippen molar-refractivity contribution in [1.82, 2.24) is 0 Å². The van der Waals surface area contributed by atoms with Gasteiger partial charge in [-0.15, -0.1) is 0 Å². The molecule has 0 aliphatic heterocycles. The SMILES string of the molecule is CCC(C)c1ccc2c(-c3ccc(-c4ccccc4)cc3)c3ccccc3c(-c3ccc(-c4ccccc4)cc3)c2c1. The van der Waals surface area contributed by atoms with Gasteiger partial charge in [0.05, 0.1) is 0 Å².